The third-order valence-corrected chi connectivity index (χ3v) is 4.95. The number of anilines is 1. The Morgan fingerprint density at radius 2 is 1.70 bits per heavy atom. The molecule has 168 valence electrons. The van der Waals surface area contributed by atoms with Gasteiger partial charge in [-0.25, -0.2) is 9.97 Å². The maximum atomic E-state index is 12.8. The summed E-state index contributed by atoms with van der Waals surface area (Å²) in [5.74, 6) is 0.291. The van der Waals surface area contributed by atoms with Gasteiger partial charge in [0.25, 0.3) is 0 Å². The van der Waals surface area contributed by atoms with Gasteiger partial charge in [-0.15, -0.1) is 0 Å². The van der Waals surface area contributed by atoms with E-state index in [2.05, 4.69) is 20.4 Å². The van der Waals surface area contributed by atoms with Gasteiger partial charge in [0.2, 0.25) is 5.91 Å². The largest absolute Gasteiger partial charge is 0.416 e. The van der Waals surface area contributed by atoms with Gasteiger partial charge in [0.05, 0.1) is 18.2 Å². The number of carbonyl (C=O) groups is 1. The molecule has 4 rings (SSSR count). The lowest BCUT2D eigenvalue weighted by Gasteiger charge is -2.10. The van der Waals surface area contributed by atoms with Crippen molar-refractivity contribution in [1.29, 1.82) is 0 Å². The highest BCUT2D eigenvalue weighted by Crippen LogP contribution is 2.30. The number of hydrogen-bond acceptors (Lipinski definition) is 4. The molecule has 0 aliphatic heterocycles. The van der Waals surface area contributed by atoms with Gasteiger partial charge in [-0.3, -0.25) is 9.48 Å². The molecule has 2 aromatic carbocycles. The molecule has 33 heavy (non-hydrogen) atoms. The summed E-state index contributed by atoms with van der Waals surface area (Å²) >= 11 is 0. The van der Waals surface area contributed by atoms with E-state index in [0.29, 0.717) is 12.2 Å². The Morgan fingerprint density at radius 3 is 2.33 bits per heavy atom. The van der Waals surface area contributed by atoms with Crippen LogP contribution in [0.1, 0.15) is 22.5 Å². The fourth-order valence-electron chi connectivity index (χ4n) is 3.32. The molecular formula is C24H20F3N5O. The minimum atomic E-state index is -4.46. The Labute approximate surface area is 188 Å². The van der Waals surface area contributed by atoms with Crippen LogP contribution in [-0.2, 0) is 30.9 Å². The van der Waals surface area contributed by atoms with Gasteiger partial charge in [-0.2, -0.15) is 18.3 Å². The monoisotopic (exact) mass is 451 g/mol. The van der Waals surface area contributed by atoms with Crippen molar-refractivity contribution in [1.82, 2.24) is 19.7 Å². The van der Waals surface area contributed by atoms with Crippen LogP contribution in [0.15, 0.2) is 73.3 Å². The van der Waals surface area contributed by atoms with Crippen LogP contribution in [0.5, 0.6) is 0 Å². The quantitative estimate of drug-likeness (QED) is 0.463. The molecule has 0 unspecified atom stereocenters. The number of nitrogens with one attached hydrogen (secondary N) is 1. The van der Waals surface area contributed by atoms with Gasteiger partial charge >= 0.3 is 6.18 Å². The average Bonchev–Trinajstić information content (AvgIpc) is 3.19. The topological polar surface area (TPSA) is 72.7 Å². The zero-order valence-electron chi connectivity index (χ0n) is 17.7. The van der Waals surface area contributed by atoms with E-state index in [-0.39, 0.29) is 12.1 Å². The normalized spacial score (nSPS) is 11.4. The Hall–Kier alpha value is -4.01. The number of hydrogen-bond donors (Lipinski definition) is 1. The van der Waals surface area contributed by atoms with E-state index in [1.165, 1.54) is 12.1 Å². The third-order valence-electron chi connectivity index (χ3n) is 4.95. The zero-order valence-corrected chi connectivity index (χ0v) is 17.7. The Bertz CT molecular complexity index is 1250. The Morgan fingerprint density at radius 1 is 0.970 bits per heavy atom. The summed E-state index contributed by atoms with van der Waals surface area (Å²) in [6, 6.07) is 11.9. The fourth-order valence-corrected chi connectivity index (χ4v) is 3.32. The van der Waals surface area contributed by atoms with E-state index >= 15 is 0 Å². The number of alkyl halides is 3. The Balaban J connectivity index is 1.36. The van der Waals surface area contributed by atoms with E-state index in [1.807, 2.05) is 25.4 Å². The fraction of sp³-hybridized carbons (Fsp3) is 0.167. The van der Waals surface area contributed by atoms with Crippen molar-refractivity contribution in [3.05, 3.63) is 95.8 Å². The van der Waals surface area contributed by atoms with Gasteiger partial charge < -0.3 is 5.32 Å². The number of halogens is 3. The molecule has 0 fully saturated rings. The van der Waals surface area contributed by atoms with Crippen LogP contribution in [0.25, 0.3) is 11.1 Å². The summed E-state index contributed by atoms with van der Waals surface area (Å²) in [6.45, 7) is 0. The molecule has 4 aromatic rings. The van der Waals surface area contributed by atoms with Crippen LogP contribution in [-0.4, -0.2) is 25.7 Å². The molecule has 0 saturated heterocycles. The molecule has 0 aliphatic carbocycles. The molecule has 0 saturated carbocycles. The predicted molar refractivity (Wildman–Crippen MR) is 117 cm³/mol. The van der Waals surface area contributed by atoms with E-state index in [9.17, 15) is 18.0 Å². The van der Waals surface area contributed by atoms with E-state index in [1.54, 1.807) is 35.4 Å². The van der Waals surface area contributed by atoms with Crippen molar-refractivity contribution in [2.75, 3.05) is 5.32 Å². The number of aromatic nitrogens is 4. The van der Waals surface area contributed by atoms with Crippen molar-refractivity contribution in [2.45, 2.75) is 19.0 Å². The summed E-state index contributed by atoms with van der Waals surface area (Å²) in [6.07, 6.45) is 3.35. The van der Waals surface area contributed by atoms with Gasteiger partial charge in [0, 0.05) is 43.3 Å². The summed E-state index contributed by atoms with van der Waals surface area (Å²) < 4.78 is 40.2. The maximum absolute atomic E-state index is 12.8. The third kappa shape index (κ3) is 5.82. The van der Waals surface area contributed by atoms with Crippen molar-refractivity contribution >= 4 is 11.6 Å². The second kappa shape index (κ2) is 9.23. The highest BCUT2D eigenvalue weighted by molar-refractivity contribution is 5.92. The lowest BCUT2D eigenvalue weighted by Crippen LogP contribution is -2.15. The highest BCUT2D eigenvalue weighted by Gasteiger charge is 2.30. The first-order valence-electron chi connectivity index (χ1n) is 10.1. The average molecular weight is 451 g/mol. The lowest BCUT2D eigenvalue weighted by atomic mass is 10.0. The van der Waals surface area contributed by atoms with Crippen molar-refractivity contribution in [3.63, 3.8) is 0 Å². The first-order chi connectivity index (χ1) is 15.8. The standard InChI is InChI=1S/C24H20F3N5O/c1-32-15-17(12-30-32)9-22-28-13-19(14-29-22)18-7-5-16(6-8-18)10-23(33)31-21-4-2-3-20(11-21)24(25,26)27/h2-8,11-15H,9-10H2,1H3,(H,31,33). The van der Waals surface area contributed by atoms with Gasteiger partial charge in [-0.05, 0) is 34.9 Å². The number of nitrogens with zero attached hydrogens (tertiary/aromatic N) is 4. The first-order valence-corrected chi connectivity index (χ1v) is 10.1. The Kier molecular flexibility index (Phi) is 6.21. The summed E-state index contributed by atoms with van der Waals surface area (Å²) in [4.78, 5) is 21.1. The summed E-state index contributed by atoms with van der Waals surface area (Å²) in [5, 5.41) is 6.64. The zero-order chi connectivity index (χ0) is 23.4. The van der Waals surface area contributed by atoms with Crippen molar-refractivity contribution in [2.24, 2.45) is 7.05 Å². The molecule has 0 atom stereocenters. The smallest absolute Gasteiger partial charge is 0.326 e. The maximum Gasteiger partial charge on any atom is 0.416 e. The molecular weight excluding hydrogens is 431 g/mol. The number of aryl methyl sites for hydroxylation is 1. The van der Waals surface area contributed by atoms with Crippen LogP contribution in [0, 0.1) is 0 Å². The molecule has 6 nitrogen and oxygen atoms in total. The van der Waals surface area contributed by atoms with Crippen LogP contribution in [0.4, 0.5) is 18.9 Å². The summed E-state index contributed by atoms with van der Waals surface area (Å²) in [5.41, 5.74) is 2.79. The van der Waals surface area contributed by atoms with Crippen LogP contribution >= 0.6 is 0 Å². The molecule has 2 heterocycles. The minimum Gasteiger partial charge on any atom is -0.326 e. The van der Waals surface area contributed by atoms with E-state index < -0.39 is 17.6 Å². The van der Waals surface area contributed by atoms with Crippen molar-refractivity contribution in [3.8, 4) is 11.1 Å². The molecule has 9 heteroatoms. The molecule has 1 amide bonds. The number of rotatable bonds is 6. The molecule has 0 aliphatic rings. The predicted octanol–water partition coefficient (Wildman–Crippen LogP) is 4.67. The van der Waals surface area contributed by atoms with Crippen LogP contribution in [0.2, 0.25) is 0 Å². The number of benzene rings is 2. The molecule has 1 N–H and O–H groups in total. The number of amides is 1. The second-order valence-corrected chi connectivity index (χ2v) is 7.59. The summed E-state index contributed by atoms with van der Waals surface area (Å²) in [7, 11) is 1.85. The SMILES string of the molecule is Cn1cc(Cc2ncc(-c3ccc(CC(=O)Nc4cccc(C(F)(F)F)c4)cc3)cn2)cn1. The van der Waals surface area contributed by atoms with Crippen LogP contribution in [0.3, 0.4) is 0 Å². The van der Waals surface area contributed by atoms with Gasteiger partial charge in [0.15, 0.2) is 0 Å². The van der Waals surface area contributed by atoms with Gasteiger partial charge in [0.1, 0.15) is 5.82 Å². The highest BCUT2D eigenvalue weighted by atomic mass is 19.4. The van der Waals surface area contributed by atoms with E-state index in [4.69, 9.17) is 0 Å². The lowest BCUT2D eigenvalue weighted by molar-refractivity contribution is -0.137. The molecule has 0 spiro atoms. The minimum absolute atomic E-state index is 0.0388. The second-order valence-electron chi connectivity index (χ2n) is 7.59. The van der Waals surface area contributed by atoms with E-state index in [0.717, 1.165) is 34.4 Å². The number of carbonyl (C=O) groups excluding carboxylic acids is 1. The van der Waals surface area contributed by atoms with Crippen molar-refractivity contribution < 1.29 is 18.0 Å². The van der Waals surface area contributed by atoms with Gasteiger partial charge in [-0.1, -0.05) is 30.3 Å². The molecule has 0 radical (unpaired) electrons. The first kappa shape index (κ1) is 22.2. The molecule has 2 aromatic heterocycles. The van der Waals surface area contributed by atoms with Crippen LogP contribution < -0.4 is 5.32 Å². The molecule has 0 bridgehead atoms.